The Labute approximate surface area is 188 Å². The minimum atomic E-state index is -3.59. The molecule has 1 amide bonds. The first-order chi connectivity index (χ1) is 15.1. The third-order valence-corrected chi connectivity index (χ3v) is 8.94. The van der Waals surface area contributed by atoms with Crippen LogP contribution < -0.4 is 4.74 Å². The normalized spacial score (nSPS) is 17.2. The van der Waals surface area contributed by atoms with Gasteiger partial charge in [-0.2, -0.15) is 4.31 Å². The molecule has 1 saturated heterocycles. The minimum absolute atomic E-state index is 0.178. The van der Waals surface area contributed by atoms with E-state index in [9.17, 15) is 21.6 Å². The number of ether oxygens (including phenoxy) is 1. The van der Waals surface area contributed by atoms with Crippen molar-refractivity contribution in [3.8, 4) is 5.75 Å². The number of carbonyl (C=O) groups excluding carboxylic acids is 1. The second kappa shape index (κ2) is 8.84. The maximum Gasteiger partial charge on any atom is 0.260 e. The number of carbonyl (C=O) groups is 1. The van der Waals surface area contributed by atoms with Gasteiger partial charge in [-0.05, 0) is 66.8 Å². The van der Waals surface area contributed by atoms with Gasteiger partial charge in [0, 0.05) is 32.4 Å². The van der Waals surface area contributed by atoms with Crippen LogP contribution >= 0.6 is 0 Å². The number of rotatable bonds is 6. The quantitative estimate of drug-likeness (QED) is 0.624. The number of hydrogen-bond acceptors (Lipinski definition) is 6. The topological polar surface area (TPSA) is 101 Å². The third kappa shape index (κ3) is 4.82. The number of fused-ring (bicyclic) bond motifs is 1. The minimum Gasteiger partial charge on any atom is -0.484 e. The first-order valence-corrected chi connectivity index (χ1v) is 13.8. The van der Waals surface area contributed by atoms with E-state index in [0.29, 0.717) is 23.7 Å². The van der Waals surface area contributed by atoms with Crippen molar-refractivity contribution in [2.75, 3.05) is 39.0 Å². The Hall–Kier alpha value is -2.43. The molecule has 0 spiro atoms. The molecular formula is C22H26N2O6S2. The third-order valence-electron chi connectivity index (χ3n) is 5.91. The summed E-state index contributed by atoms with van der Waals surface area (Å²) in [7, 11) is -6.88. The zero-order chi connectivity index (χ0) is 22.9. The summed E-state index contributed by atoms with van der Waals surface area (Å²) >= 11 is 0. The van der Waals surface area contributed by atoms with Gasteiger partial charge in [-0.15, -0.1) is 0 Å². The molecule has 0 N–H and O–H groups in total. The lowest BCUT2D eigenvalue weighted by atomic mass is 10.1. The Bertz CT molecular complexity index is 1220. The van der Waals surface area contributed by atoms with E-state index < -0.39 is 19.9 Å². The summed E-state index contributed by atoms with van der Waals surface area (Å²) in [6, 6.07) is 11.2. The van der Waals surface area contributed by atoms with Gasteiger partial charge >= 0.3 is 0 Å². The van der Waals surface area contributed by atoms with Crippen LogP contribution in [-0.2, 0) is 37.5 Å². The molecule has 1 aliphatic heterocycles. The first-order valence-electron chi connectivity index (χ1n) is 10.5. The van der Waals surface area contributed by atoms with Gasteiger partial charge in [0.2, 0.25) is 10.0 Å². The van der Waals surface area contributed by atoms with Crippen LogP contribution in [0.1, 0.15) is 17.5 Å². The van der Waals surface area contributed by atoms with Crippen molar-refractivity contribution in [3.63, 3.8) is 0 Å². The summed E-state index contributed by atoms with van der Waals surface area (Å²) in [6.07, 6.45) is 4.10. The van der Waals surface area contributed by atoms with Gasteiger partial charge in [0.25, 0.3) is 5.91 Å². The van der Waals surface area contributed by atoms with Crippen molar-refractivity contribution < 1.29 is 26.4 Å². The van der Waals surface area contributed by atoms with Crippen molar-refractivity contribution >= 4 is 25.8 Å². The van der Waals surface area contributed by atoms with Crippen LogP contribution in [0.4, 0.5) is 0 Å². The van der Waals surface area contributed by atoms with Crippen molar-refractivity contribution in [1.82, 2.24) is 9.21 Å². The number of benzene rings is 2. The highest BCUT2D eigenvalue weighted by molar-refractivity contribution is 7.90. The van der Waals surface area contributed by atoms with Crippen LogP contribution in [0.3, 0.4) is 0 Å². The van der Waals surface area contributed by atoms with Crippen molar-refractivity contribution in [3.05, 3.63) is 53.6 Å². The maximum absolute atomic E-state index is 13.0. The molecule has 1 fully saturated rings. The lowest BCUT2D eigenvalue weighted by molar-refractivity contribution is -0.134. The average molecular weight is 479 g/mol. The predicted molar refractivity (Wildman–Crippen MR) is 119 cm³/mol. The summed E-state index contributed by atoms with van der Waals surface area (Å²) in [5.74, 6) is 0.148. The van der Waals surface area contributed by atoms with Crippen LogP contribution in [0.2, 0.25) is 0 Å². The summed E-state index contributed by atoms with van der Waals surface area (Å²) < 4.78 is 56.0. The van der Waals surface area contributed by atoms with Crippen LogP contribution in [0.25, 0.3) is 0 Å². The lowest BCUT2D eigenvalue weighted by Crippen LogP contribution is -2.51. The van der Waals surface area contributed by atoms with Crippen LogP contribution in [-0.4, -0.2) is 71.0 Å². The van der Waals surface area contributed by atoms with E-state index in [1.807, 2.05) is 6.07 Å². The van der Waals surface area contributed by atoms with Crippen LogP contribution in [0.5, 0.6) is 5.75 Å². The molecule has 8 nitrogen and oxygen atoms in total. The molecule has 0 radical (unpaired) electrons. The van der Waals surface area contributed by atoms with Gasteiger partial charge < -0.3 is 9.64 Å². The van der Waals surface area contributed by atoms with E-state index in [2.05, 4.69) is 0 Å². The summed E-state index contributed by atoms with van der Waals surface area (Å²) in [6.45, 7) is 0.844. The first kappa shape index (κ1) is 22.8. The number of aryl methyl sites for hydroxylation is 2. The van der Waals surface area contributed by atoms with Crippen molar-refractivity contribution in [2.24, 2.45) is 0 Å². The number of sulfonamides is 1. The highest BCUT2D eigenvalue weighted by Gasteiger charge is 2.31. The molecule has 0 atom stereocenters. The van der Waals surface area contributed by atoms with Gasteiger partial charge in [0.15, 0.2) is 16.4 Å². The van der Waals surface area contributed by atoms with E-state index in [4.69, 9.17) is 4.74 Å². The Morgan fingerprint density at radius 3 is 2.16 bits per heavy atom. The zero-order valence-electron chi connectivity index (χ0n) is 17.9. The molecular weight excluding hydrogens is 452 g/mol. The van der Waals surface area contributed by atoms with Gasteiger partial charge in [-0.3, -0.25) is 4.79 Å². The number of amides is 1. The highest BCUT2D eigenvalue weighted by Crippen LogP contribution is 2.26. The Morgan fingerprint density at radius 1 is 0.875 bits per heavy atom. The molecule has 0 saturated carbocycles. The molecule has 2 aromatic carbocycles. The molecule has 10 heteroatoms. The molecule has 0 bridgehead atoms. The van der Waals surface area contributed by atoms with Gasteiger partial charge in [0.1, 0.15) is 5.75 Å². The van der Waals surface area contributed by atoms with Crippen molar-refractivity contribution in [1.29, 1.82) is 0 Å². The Kier molecular flexibility index (Phi) is 6.28. The monoisotopic (exact) mass is 478 g/mol. The zero-order valence-corrected chi connectivity index (χ0v) is 19.5. The van der Waals surface area contributed by atoms with Crippen LogP contribution in [0.15, 0.2) is 52.3 Å². The summed E-state index contributed by atoms with van der Waals surface area (Å²) in [4.78, 5) is 14.6. The second-order valence-electron chi connectivity index (χ2n) is 8.10. The summed E-state index contributed by atoms with van der Waals surface area (Å²) in [5.41, 5.74) is 2.34. The molecule has 2 aromatic rings. The smallest absolute Gasteiger partial charge is 0.260 e. The Morgan fingerprint density at radius 2 is 1.50 bits per heavy atom. The number of piperazine rings is 1. The fraction of sp³-hybridized carbons (Fsp3) is 0.409. The van der Waals surface area contributed by atoms with Crippen molar-refractivity contribution in [2.45, 2.75) is 29.1 Å². The standard InChI is InChI=1S/C22H26N2O6S2/c1-31(26,27)20-9-6-19(7-10-20)30-16-22(25)23-11-13-24(14-12-23)32(28,29)21-8-5-17-3-2-4-18(17)15-21/h5-10,15H,2-4,11-14,16H2,1H3. The lowest BCUT2D eigenvalue weighted by Gasteiger charge is -2.34. The van der Waals surface area contributed by atoms with E-state index in [0.717, 1.165) is 31.1 Å². The molecule has 2 aliphatic rings. The molecule has 0 unspecified atom stereocenters. The largest absolute Gasteiger partial charge is 0.484 e. The van der Waals surface area contributed by atoms with E-state index in [1.54, 1.807) is 17.0 Å². The molecule has 1 heterocycles. The van der Waals surface area contributed by atoms with Crippen LogP contribution in [0, 0.1) is 0 Å². The number of hydrogen-bond donors (Lipinski definition) is 0. The molecule has 172 valence electrons. The van der Waals surface area contributed by atoms with Gasteiger partial charge in [-0.1, -0.05) is 6.07 Å². The fourth-order valence-electron chi connectivity index (χ4n) is 4.06. The molecule has 1 aliphatic carbocycles. The summed E-state index contributed by atoms with van der Waals surface area (Å²) in [5, 5.41) is 0. The number of sulfone groups is 1. The second-order valence-corrected chi connectivity index (χ2v) is 12.1. The van der Waals surface area contributed by atoms with E-state index in [1.165, 1.54) is 34.1 Å². The van der Waals surface area contributed by atoms with Gasteiger partial charge in [0.05, 0.1) is 9.79 Å². The maximum atomic E-state index is 13.0. The van der Waals surface area contributed by atoms with E-state index in [-0.39, 0.29) is 30.5 Å². The number of nitrogens with zero attached hydrogens (tertiary/aromatic N) is 2. The average Bonchev–Trinajstić information content (AvgIpc) is 3.25. The SMILES string of the molecule is CS(=O)(=O)c1ccc(OCC(=O)N2CCN(S(=O)(=O)c3ccc4c(c3)CCC4)CC2)cc1. The Balaban J connectivity index is 1.31. The predicted octanol–water partition coefficient (Wildman–Crippen LogP) is 1.49. The molecule has 0 aromatic heterocycles. The molecule has 4 rings (SSSR count). The fourth-order valence-corrected chi connectivity index (χ4v) is 6.16. The van der Waals surface area contributed by atoms with Gasteiger partial charge in [-0.25, -0.2) is 16.8 Å². The highest BCUT2D eigenvalue weighted by atomic mass is 32.2. The van der Waals surface area contributed by atoms with E-state index >= 15 is 0 Å². The molecule has 32 heavy (non-hydrogen) atoms.